The molecule has 3 nitrogen and oxygen atoms in total. The van der Waals surface area contributed by atoms with E-state index in [4.69, 9.17) is 21.1 Å². The van der Waals surface area contributed by atoms with Crippen LogP contribution in [0.25, 0.3) is 11.1 Å². The molecule has 0 aromatic heterocycles. The Balaban J connectivity index is 1.59. The maximum atomic E-state index is 14.7. The van der Waals surface area contributed by atoms with E-state index in [2.05, 4.69) is 5.32 Å². The number of benzene rings is 3. The summed E-state index contributed by atoms with van der Waals surface area (Å²) in [5.74, 6) is -0.124. The summed E-state index contributed by atoms with van der Waals surface area (Å²) >= 11 is 5.81. The van der Waals surface area contributed by atoms with E-state index in [9.17, 15) is 8.78 Å². The monoisotopic (exact) mass is 427 g/mol. The van der Waals surface area contributed by atoms with Crippen molar-refractivity contribution >= 4 is 11.6 Å². The Morgan fingerprint density at radius 1 is 1.07 bits per heavy atom. The summed E-state index contributed by atoms with van der Waals surface area (Å²) in [6.45, 7) is 1.97. The van der Waals surface area contributed by atoms with Gasteiger partial charge in [-0.3, -0.25) is 0 Å². The normalized spacial score (nSPS) is 19.7. The maximum absolute atomic E-state index is 14.7. The molecule has 1 saturated heterocycles. The van der Waals surface area contributed by atoms with Gasteiger partial charge in [-0.15, -0.1) is 0 Å². The van der Waals surface area contributed by atoms with Gasteiger partial charge in [-0.05, 0) is 48.4 Å². The summed E-state index contributed by atoms with van der Waals surface area (Å²) in [4.78, 5) is 0. The third-order valence-corrected chi connectivity index (χ3v) is 5.92. The Morgan fingerprint density at radius 3 is 2.60 bits per heavy atom. The number of hydrogen-bond acceptors (Lipinski definition) is 3. The van der Waals surface area contributed by atoms with E-state index in [-0.39, 0.29) is 22.6 Å². The Labute approximate surface area is 178 Å². The van der Waals surface area contributed by atoms with Gasteiger partial charge in [0.15, 0.2) is 11.5 Å². The first-order chi connectivity index (χ1) is 14.6. The summed E-state index contributed by atoms with van der Waals surface area (Å²) in [7, 11) is 0. The van der Waals surface area contributed by atoms with Crippen LogP contribution in [0.3, 0.4) is 0 Å². The molecule has 154 valence electrons. The molecule has 2 atom stereocenters. The van der Waals surface area contributed by atoms with E-state index in [0.717, 1.165) is 42.8 Å². The first-order valence-electron chi connectivity index (χ1n) is 9.97. The predicted molar refractivity (Wildman–Crippen MR) is 112 cm³/mol. The van der Waals surface area contributed by atoms with Crippen molar-refractivity contribution in [3.63, 3.8) is 0 Å². The van der Waals surface area contributed by atoms with Gasteiger partial charge in [0.1, 0.15) is 24.3 Å². The molecule has 1 N–H and O–H groups in total. The lowest BCUT2D eigenvalue weighted by atomic mass is 9.89. The lowest BCUT2D eigenvalue weighted by Crippen LogP contribution is -2.37. The van der Waals surface area contributed by atoms with Crippen LogP contribution >= 0.6 is 11.6 Å². The van der Waals surface area contributed by atoms with E-state index in [1.54, 1.807) is 6.07 Å². The predicted octanol–water partition coefficient (Wildman–Crippen LogP) is 5.70. The highest BCUT2D eigenvalue weighted by Crippen LogP contribution is 2.49. The van der Waals surface area contributed by atoms with E-state index >= 15 is 0 Å². The molecule has 0 saturated carbocycles. The lowest BCUT2D eigenvalue weighted by molar-refractivity contribution is 0.165. The number of halogens is 3. The van der Waals surface area contributed by atoms with Crippen LogP contribution in [-0.2, 0) is 6.61 Å². The quantitative estimate of drug-likeness (QED) is 0.579. The summed E-state index contributed by atoms with van der Waals surface area (Å²) in [5, 5.41) is 3.40. The maximum Gasteiger partial charge on any atom is 0.165 e. The molecular formula is C24H20ClF2NO2. The fourth-order valence-corrected chi connectivity index (χ4v) is 4.46. The van der Waals surface area contributed by atoms with E-state index in [1.165, 1.54) is 0 Å². The fraction of sp³-hybridized carbons (Fsp3) is 0.250. The number of fused-ring (bicyclic) bond motifs is 3. The van der Waals surface area contributed by atoms with Crippen LogP contribution in [0.4, 0.5) is 8.78 Å². The molecule has 5 rings (SSSR count). The van der Waals surface area contributed by atoms with Crippen LogP contribution in [0.1, 0.15) is 23.5 Å². The molecule has 2 aliphatic rings. The summed E-state index contributed by atoms with van der Waals surface area (Å²) in [6, 6.07) is 15.5. The van der Waals surface area contributed by atoms with E-state index < -0.39 is 11.6 Å². The Hall–Kier alpha value is -2.63. The number of rotatable bonds is 4. The number of nitrogens with one attached hydrogen (secondary N) is 1. The van der Waals surface area contributed by atoms with Gasteiger partial charge in [0.05, 0.1) is 5.56 Å². The molecule has 6 heteroatoms. The molecule has 0 spiro atoms. The smallest absolute Gasteiger partial charge is 0.165 e. The molecule has 1 fully saturated rings. The standard InChI is InChI=1S/C24H20ClF2NO2/c25-16-10-19(26)23(20(27)11-16)15-8-17-18-12-28-7-6-21(18)30-24(17)22(9-15)29-13-14-4-2-1-3-5-14/h1-5,8-11,18,21,28H,6-7,12-13H2/t18-,21-/m0/s1. The molecule has 0 amide bonds. The van der Waals surface area contributed by atoms with Gasteiger partial charge in [0.25, 0.3) is 0 Å². The van der Waals surface area contributed by atoms with Crippen molar-refractivity contribution in [3.05, 3.63) is 82.4 Å². The van der Waals surface area contributed by atoms with Gasteiger partial charge in [-0.25, -0.2) is 8.78 Å². The molecule has 30 heavy (non-hydrogen) atoms. The van der Waals surface area contributed by atoms with Crippen molar-refractivity contribution in [3.8, 4) is 22.6 Å². The molecule has 2 heterocycles. The van der Waals surface area contributed by atoms with Gasteiger partial charge in [0.2, 0.25) is 0 Å². The van der Waals surface area contributed by atoms with Gasteiger partial charge in [0, 0.05) is 23.0 Å². The second kappa shape index (κ2) is 7.89. The second-order valence-electron chi connectivity index (χ2n) is 7.67. The topological polar surface area (TPSA) is 30.5 Å². The molecule has 0 bridgehead atoms. The molecule has 0 aliphatic carbocycles. The van der Waals surface area contributed by atoms with Crippen LogP contribution in [0.5, 0.6) is 11.5 Å². The molecule has 0 unspecified atom stereocenters. The second-order valence-corrected chi connectivity index (χ2v) is 8.10. The molecule has 3 aromatic rings. The summed E-state index contributed by atoms with van der Waals surface area (Å²) < 4.78 is 41.6. The minimum Gasteiger partial charge on any atom is -0.485 e. The van der Waals surface area contributed by atoms with Crippen LogP contribution in [0, 0.1) is 11.6 Å². The largest absolute Gasteiger partial charge is 0.485 e. The average Bonchev–Trinajstić information content (AvgIpc) is 3.11. The molecular weight excluding hydrogens is 408 g/mol. The number of ether oxygens (including phenoxy) is 2. The Bertz CT molecular complexity index is 1070. The van der Waals surface area contributed by atoms with Gasteiger partial charge in [-0.2, -0.15) is 0 Å². The van der Waals surface area contributed by atoms with Crippen molar-refractivity contribution in [1.82, 2.24) is 5.32 Å². The fourth-order valence-electron chi connectivity index (χ4n) is 4.27. The average molecular weight is 428 g/mol. The SMILES string of the molecule is Fc1cc(Cl)cc(F)c1-c1cc(OCc2ccccc2)c2c(c1)[C@@H]1CNCC[C@@H]1O2. The van der Waals surface area contributed by atoms with Crippen molar-refractivity contribution < 1.29 is 18.3 Å². The van der Waals surface area contributed by atoms with E-state index in [0.29, 0.717) is 23.7 Å². The van der Waals surface area contributed by atoms with Crippen LogP contribution in [0.15, 0.2) is 54.6 Å². The van der Waals surface area contributed by atoms with Crippen molar-refractivity contribution in [2.45, 2.75) is 25.0 Å². The summed E-state index contributed by atoms with van der Waals surface area (Å²) in [5.41, 5.74) is 2.22. The van der Waals surface area contributed by atoms with Gasteiger partial charge < -0.3 is 14.8 Å². The highest BCUT2D eigenvalue weighted by atomic mass is 35.5. The first kappa shape index (κ1) is 19.3. The number of hydrogen-bond donors (Lipinski definition) is 1. The third-order valence-electron chi connectivity index (χ3n) is 5.70. The van der Waals surface area contributed by atoms with Crippen LogP contribution in [0.2, 0.25) is 5.02 Å². The highest BCUT2D eigenvalue weighted by Gasteiger charge is 2.38. The van der Waals surface area contributed by atoms with Crippen molar-refractivity contribution in [2.24, 2.45) is 0 Å². The van der Waals surface area contributed by atoms with Gasteiger partial charge in [-0.1, -0.05) is 41.9 Å². The van der Waals surface area contributed by atoms with Crippen LogP contribution < -0.4 is 14.8 Å². The highest BCUT2D eigenvalue weighted by molar-refractivity contribution is 6.30. The first-order valence-corrected chi connectivity index (χ1v) is 10.3. The zero-order valence-corrected chi connectivity index (χ0v) is 16.9. The van der Waals surface area contributed by atoms with Crippen LogP contribution in [-0.4, -0.2) is 19.2 Å². The summed E-state index contributed by atoms with van der Waals surface area (Å²) in [6.07, 6.45) is 0.909. The van der Waals surface area contributed by atoms with Gasteiger partial charge >= 0.3 is 0 Å². The van der Waals surface area contributed by atoms with Crippen molar-refractivity contribution in [1.29, 1.82) is 0 Å². The van der Waals surface area contributed by atoms with Crippen molar-refractivity contribution in [2.75, 3.05) is 13.1 Å². The Kier molecular flexibility index (Phi) is 5.09. The Morgan fingerprint density at radius 2 is 1.83 bits per heavy atom. The third kappa shape index (κ3) is 3.53. The zero-order chi connectivity index (χ0) is 20.7. The van der Waals surface area contributed by atoms with E-state index in [1.807, 2.05) is 36.4 Å². The molecule has 0 radical (unpaired) electrons. The minimum absolute atomic E-state index is 0.0235. The molecule has 3 aromatic carbocycles. The zero-order valence-electron chi connectivity index (χ0n) is 16.1. The molecule has 2 aliphatic heterocycles. The minimum atomic E-state index is -0.703. The number of piperidine rings is 1. The lowest BCUT2D eigenvalue weighted by Gasteiger charge is -2.24.